The second-order valence-corrected chi connectivity index (χ2v) is 6.64. The molecule has 0 saturated carbocycles. The first-order valence-electron chi connectivity index (χ1n) is 7.20. The summed E-state index contributed by atoms with van der Waals surface area (Å²) in [5.74, 6) is 0.534. The largest absolute Gasteiger partial charge is 0.338 e. The summed E-state index contributed by atoms with van der Waals surface area (Å²) in [6, 6.07) is 6.48. The lowest BCUT2D eigenvalue weighted by atomic mass is 10.1. The number of halogens is 1. The van der Waals surface area contributed by atoms with Gasteiger partial charge in [-0.1, -0.05) is 0 Å². The number of benzene rings is 1. The zero-order valence-electron chi connectivity index (χ0n) is 12.7. The molecule has 3 rings (SSSR count). The van der Waals surface area contributed by atoms with Crippen molar-refractivity contribution in [2.75, 3.05) is 26.7 Å². The van der Waals surface area contributed by atoms with E-state index in [0.29, 0.717) is 10.8 Å². The molecule has 2 aromatic rings. The van der Waals surface area contributed by atoms with Crippen LogP contribution in [-0.4, -0.2) is 42.4 Å². The molecule has 1 amide bonds. The number of amides is 1. The Bertz CT molecular complexity index is 734. The fourth-order valence-corrected chi connectivity index (χ4v) is 3.89. The van der Waals surface area contributed by atoms with Crippen LogP contribution in [0.3, 0.4) is 0 Å². The lowest BCUT2D eigenvalue weighted by molar-refractivity contribution is -0.384. The molecule has 8 heteroatoms. The van der Waals surface area contributed by atoms with Crippen LogP contribution in [0.15, 0.2) is 24.3 Å². The van der Waals surface area contributed by atoms with Gasteiger partial charge in [0.25, 0.3) is 11.6 Å². The number of rotatable bonds is 4. The highest BCUT2D eigenvalue weighted by Gasteiger charge is 2.27. The Hall–Kier alpha value is -1.70. The summed E-state index contributed by atoms with van der Waals surface area (Å²) < 4.78 is 0.903. The lowest BCUT2D eigenvalue weighted by Crippen LogP contribution is -2.29. The molecule has 6 nitrogen and oxygen atoms in total. The number of carbonyl (C=O) groups excluding carboxylic acids is 1. The van der Waals surface area contributed by atoms with E-state index in [1.54, 1.807) is 12.1 Å². The molecule has 0 radical (unpaired) electrons. The lowest BCUT2D eigenvalue weighted by Gasteiger charge is -2.15. The Kier molecular flexibility index (Phi) is 5.56. The zero-order chi connectivity index (χ0) is 15.7. The Balaban J connectivity index is 0.00000192. The predicted octanol–water partition coefficient (Wildman–Crippen LogP) is 2.91. The van der Waals surface area contributed by atoms with Crippen molar-refractivity contribution in [1.29, 1.82) is 0 Å². The third kappa shape index (κ3) is 3.63. The van der Waals surface area contributed by atoms with E-state index in [4.69, 9.17) is 0 Å². The van der Waals surface area contributed by atoms with Crippen LogP contribution >= 0.6 is 23.7 Å². The third-order valence-corrected chi connectivity index (χ3v) is 5.09. The molecule has 0 bridgehead atoms. The minimum absolute atomic E-state index is 0. The van der Waals surface area contributed by atoms with Gasteiger partial charge < -0.3 is 10.2 Å². The average Bonchev–Trinajstić information content (AvgIpc) is 3.12. The average molecular weight is 356 g/mol. The van der Waals surface area contributed by atoms with Crippen molar-refractivity contribution >= 4 is 45.4 Å². The summed E-state index contributed by atoms with van der Waals surface area (Å²) in [5.41, 5.74) is 0.0551. The number of hydrogen-bond donors (Lipinski definition) is 1. The van der Waals surface area contributed by atoms with Crippen molar-refractivity contribution in [2.24, 2.45) is 5.92 Å². The van der Waals surface area contributed by atoms with Crippen LogP contribution in [0.1, 0.15) is 16.1 Å². The highest BCUT2D eigenvalue weighted by Crippen LogP contribution is 2.30. The normalized spacial score (nSPS) is 17.3. The number of non-ortho nitro benzene ring substituents is 1. The number of hydrogen-bond acceptors (Lipinski definition) is 5. The molecule has 23 heavy (non-hydrogen) atoms. The summed E-state index contributed by atoms with van der Waals surface area (Å²) in [7, 11) is 1.92. The van der Waals surface area contributed by atoms with E-state index in [2.05, 4.69) is 5.32 Å². The Morgan fingerprint density at radius 3 is 2.96 bits per heavy atom. The van der Waals surface area contributed by atoms with Crippen LogP contribution in [0.5, 0.6) is 0 Å². The number of nitrogens with one attached hydrogen (secondary N) is 1. The van der Waals surface area contributed by atoms with Crippen molar-refractivity contribution in [3.05, 3.63) is 39.3 Å². The summed E-state index contributed by atoms with van der Waals surface area (Å²) in [6.45, 7) is 2.47. The van der Waals surface area contributed by atoms with E-state index in [1.165, 1.54) is 23.5 Å². The molecule has 124 valence electrons. The Morgan fingerprint density at radius 2 is 2.26 bits per heavy atom. The maximum atomic E-state index is 12.6. The van der Waals surface area contributed by atoms with Crippen molar-refractivity contribution in [1.82, 2.24) is 10.2 Å². The molecule has 1 atom stereocenters. The van der Waals surface area contributed by atoms with E-state index in [1.807, 2.05) is 11.9 Å². The molecule has 1 unspecified atom stereocenters. The van der Waals surface area contributed by atoms with E-state index in [-0.39, 0.29) is 24.0 Å². The summed E-state index contributed by atoms with van der Waals surface area (Å²) in [4.78, 5) is 25.5. The second-order valence-electron chi connectivity index (χ2n) is 5.55. The minimum Gasteiger partial charge on any atom is -0.338 e. The molecule has 1 aliphatic rings. The monoisotopic (exact) mass is 355 g/mol. The van der Waals surface area contributed by atoms with Gasteiger partial charge in [0.2, 0.25) is 0 Å². The number of nitro groups is 1. The van der Waals surface area contributed by atoms with Gasteiger partial charge in [-0.15, -0.1) is 23.7 Å². The van der Waals surface area contributed by atoms with Crippen molar-refractivity contribution < 1.29 is 9.72 Å². The van der Waals surface area contributed by atoms with Gasteiger partial charge >= 0.3 is 0 Å². The van der Waals surface area contributed by atoms with Gasteiger partial charge in [-0.3, -0.25) is 14.9 Å². The molecule has 1 N–H and O–H groups in total. The number of thiophene rings is 1. The molecule has 0 aliphatic carbocycles. The van der Waals surface area contributed by atoms with Crippen LogP contribution in [0.2, 0.25) is 0 Å². The van der Waals surface area contributed by atoms with Gasteiger partial charge in [-0.05, 0) is 38.1 Å². The fraction of sp³-hybridized carbons (Fsp3) is 0.400. The maximum absolute atomic E-state index is 12.6. The highest BCUT2D eigenvalue weighted by atomic mass is 35.5. The Labute approximate surface area is 144 Å². The first-order valence-corrected chi connectivity index (χ1v) is 8.02. The maximum Gasteiger partial charge on any atom is 0.270 e. The number of nitrogens with zero attached hydrogens (tertiary/aromatic N) is 2. The molecular formula is C15H18ClN3O3S. The van der Waals surface area contributed by atoms with Gasteiger partial charge in [-0.2, -0.15) is 0 Å². The van der Waals surface area contributed by atoms with Gasteiger partial charge in [0.05, 0.1) is 9.80 Å². The molecule has 2 heterocycles. The molecular weight excluding hydrogens is 338 g/mol. The van der Waals surface area contributed by atoms with Crippen LogP contribution in [0.4, 0.5) is 5.69 Å². The summed E-state index contributed by atoms with van der Waals surface area (Å²) in [6.07, 6.45) is 1.02. The topological polar surface area (TPSA) is 75.5 Å². The number of fused-ring (bicyclic) bond motifs is 1. The molecule has 1 fully saturated rings. The van der Waals surface area contributed by atoms with Crippen LogP contribution < -0.4 is 5.32 Å². The van der Waals surface area contributed by atoms with Gasteiger partial charge in [0.15, 0.2) is 0 Å². The Morgan fingerprint density at radius 1 is 1.48 bits per heavy atom. The summed E-state index contributed by atoms with van der Waals surface area (Å²) in [5, 5.41) is 14.7. The highest BCUT2D eigenvalue weighted by molar-refractivity contribution is 7.20. The standard InChI is InChI=1S/C15H17N3O3S.ClH/c1-16-8-10-4-5-17(9-10)15(19)14-7-11-6-12(18(20)21)2-3-13(11)22-14;/h2-3,6-7,10,16H,4-5,8-9H2,1H3;1H. The molecule has 1 aromatic heterocycles. The van der Waals surface area contributed by atoms with E-state index in [0.717, 1.165) is 36.1 Å². The van der Waals surface area contributed by atoms with Crippen LogP contribution in [-0.2, 0) is 0 Å². The van der Waals surface area contributed by atoms with Gasteiger partial charge in [0.1, 0.15) is 0 Å². The molecule has 0 spiro atoms. The molecule has 1 saturated heterocycles. The first kappa shape index (κ1) is 17.7. The fourth-order valence-electron chi connectivity index (χ4n) is 2.88. The van der Waals surface area contributed by atoms with Crippen LogP contribution in [0.25, 0.3) is 10.1 Å². The predicted molar refractivity (Wildman–Crippen MR) is 93.7 cm³/mol. The smallest absolute Gasteiger partial charge is 0.270 e. The first-order chi connectivity index (χ1) is 10.6. The quantitative estimate of drug-likeness (QED) is 0.675. The zero-order valence-corrected chi connectivity index (χ0v) is 14.3. The molecule has 1 aliphatic heterocycles. The SMILES string of the molecule is CNCC1CCN(C(=O)c2cc3cc([N+](=O)[O-])ccc3s2)C1.Cl. The minimum atomic E-state index is -0.415. The number of carbonyl (C=O) groups is 1. The van der Waals surface area contributed by atoms with E-state index in [9.17, 15) is 14.9 Å². The number of nitro benzene ring substituents is 1. The van der Waals surface area contributed by atoms with Crippen molar-refractivity contribution in [3.63, 3.8) is 0 Å². The van der Waals surface area contributed by atoms with Crippen molar-refractivity contribution in [3.8, 4) is 0 Å². The third-order valence-electron chi connectivity index (χ3n) is 3.99. The summed E-state index contributed by atoms with van der Waals surface area (Å²) >= 11 is 1.40. The van der Waals surface area contributed by atoms with E-state index < -0.39 is 4.92 Å². The van der Waals surface area contributed by atoms with Gasteiger partial charge in [-0.25, -0.2) is 0 Å². The molecule has 1 aromatic carbocycles. The number of likely N-dealkylation sites (tertiary alicyclic amines) is 1. The van der Waals surface area contributed by atoms with E-state index >= 15 is 0 Å². The van der Waals surface area contributed by atoms with Crippen LogP contribution in [0, 0.1) is 16.0 Å². The second kappa shape index (κ2) is 7.25. The van der Waals surface area contributed by atoms with Gasteiger partial charge in [0, 0.05) is 35.3 Å². The van der Waals surface area contributed by atoms with Crippen molar-refractivity contribution in [2.45, 2.75) is 6.42 Å².